The molecule has 3 rings (SSSR count). The van der Waals surface area contributed by atoms with Gasteiger partial charge >= 0.3 is 5.97 Å². The lowest BCUT2D eigenvalue weighted by molar-refractivity contribution is 0.0734. The van der Waals surface area contributed by atoms with E-state index in [1.807, 2.05) is 0 Å². The first-order chi connectivity index (χ1) is 13.9. The van der Waals surface area contributed by atoms with Crippen LogP contribution in [0.1, 0.15) is 26.3 Å². The molecular weight excluding hydrogens is 415 g/mol. The summed E-state index contributed by atoms with van der Waals surface area (Å²) in [7, 11) is 0. The van der Waals surface area contributed by atoms with Gasteiger partial charge in [-0.3, -0.25) is 4.79 Å². The third kappa shape index (κ3) is 5.34. The Morgan fingerprint density at radius 3 is 2.38 bits per heavy atom. The summed E-state index contributed by atoms with van der Waals surface area (Å²) in [5.41, 5.74) is 3.31. The van der Waals surface area contributed by atoms with Crippen LogP contribution in [0.3, 0.4) is 0 Å². The number of nitrogens with one attached hydrogen (secondary N) is 1. The molecule has 0 spiro atoms. The molecule has 0 atom stereocenters. The van der Waals surface area contributed by atoms with Crippen LogP contribution >= 0.6 is 23.2 Å². The van der Waals surface area contributed by atoms with Crippen LogP contribution in [0.2, 0.25) is 10.0 Å². The first-order valence-electron chi connectivity index (χ1n) is 8.33. The minimum atomic E-state index is -0.608. The van der Waals surface area contributed by atoms with Gasteiger partial charge in [-0.05, 0) is 60.2 Å². The number of ether oxygens (including phenoxy) is 1. The number of phenolic OH excluding ortho intramolecular Hbond substituents is 1. The highest BCUT2D eigenvalue weighted by Crippen LogP contribution is 2.23. The number of rotatable bonds is 5. The van der Waals surface area contributed by atoms with Gasteiger partial charge in [0, 0.05) is 5.02 Å². The Morgan fingerprint density at radius 2 is 1.69 bits per heavy atom. The van der Waals surface area contributed by atoms with E-state index in [1.165, 1.54) is 30.5 Å². The average molecular weight is 429 g/mol. The van der Waals surface area contributed by atoms with Gasteiger partial charge in [-0.1, -0.05) is 35.3 Å². The van der Waals surface area contributed by atoms with E-state index in [0.717, 1.165) is 0 Å². The van der Waals surface area contributed by atoms with E-state index >= 15 is 0 Å². The number of nitrogens with zero attached hydrogens (tertiary/aromatic N) is 1. The number of benzene rings is 3. The molecule has 0 saturated carbocycles. The third-order valence-electron chi connectivity index (χ3n) is 3.77. The molecule has 2 N–H and O–H groups in total. The zero-order valence-electron chi connectivity index (χ0n) is 14.8. The average Bonchev–Trinajstić information content (AvgIpc) is 2.69. The monoisotopic (exact) mass is 428 g/mol. The molecule has 1 amide bonds. The van der Waals surface area contributed by atoms with Crippen molar-refractivity contribution in [1.82, 2.24) is 5.43 Å². The quantitative estimate of drug-likeness (QED) is 0.267. The van der Waals surface area contributed by atoms with E-state index in [9.17, 15) is 14.7 Å². The fourth-order valence-corrected chi connectivity index (χ4v) is 2.82. The Bertz CT molecular complexity index is 1080. The summed E-state index contributed by atoms with van der Waals surface area (Å²) >= 11 is 11.8. The van der Waals surface area contributed by atoms with E-state index in [4.69, 9.17) is 27.9 Å². The van der Waals surface area contributed by atoms with Crippen LogP contribution in [0.15, 0.2) is 71.8 Å². The Hall–Kier alpha value is -3.35. The second-order valence-corrected chi connectivity index (χ2v) is 6.64. The highest BCUT2D eigenvalue weighted by molar-refractivity contribution is 6.36. The fourth-order valence-electron chi connectivity index (χ4n) is 2.33. The van der Waals surface area contributed by atoms with Crippen molar-refractivity contribution < 1.29 is 19.4 Å². The van der Waals surface area contributed by atoms with Crippen LogP contribution in [0.5, 0.6) is 11.5 Å². The van der Waals surface area contributed by atoms with Gasteiger partial charge in [0.15, 0.2) is 0 Å². The van der Waals surface area contributed by atoms with Crippen molar-refractivity contribution >= 4 is 41.3 Å². The molecule has 0 bridgehead atoms. The van der Waals surface area contributed by atoms with Crippen molar-refractivity contribution in [2.75, 3.05) is 0 Å². The standard InChI is InChI=1S/C21H14Cl2N2O4/c22-14-7-10-16(18(23)11-14)21(28)29-15-8-5-13(6-9-15)12-24-25-20(27)17-3-1-2-4-19(17)26/h1-12,26H,(H,25,27)/b24-12-. The van der Waals surface area contributed by atoms with Crippen LogP contribution in [-0.4, -0.2) is 23.2 Å². The fraction of sp³-hybridized carbons (Fsp3) is 0. The lowest BCUT2D eigenvalue weighted by Crippen LogP contribution is -2.17. The Morgan fingerprint density at radius 1 is 0.966 bits per heavy atom. The molecule has 8 heteroatoms. The maximum atomic E-state index is 12.2. The molecule has 146 valence electrons. The normalized spacial score (nSPS) is 10.7. The Labute approximate surface area is 176 Å². The number of hydrogen-bond donors (Lipinski definition) is 2. The van der Waals surface area contributed by atoms with Crippen LogP contribution in [-0.2, 0) is 0 Å². The summed E-state index contributed by atoms with van der Waals surface area (Å²) < 4.78 is 5.28. The molecule has 0 heterocycles. The minimum Gasteiger partial charge on any atom is -0.507 e. The largest absolute Gasteiger partial charge is 0.507 e. The summed E-state index contributed by atoms with van der Waals surface area (Å²) in [4.78, 5) is 24.1. The van der Waals surface area contributed by atoms with Crippen molar-refractivity contribution in [3.8, 4) is 11.5 Å². The highest BCUT2D eigenvalue weighted by atomic mass is 35.5. The lowest BCUT2D eigenvalue weighted by atomic mass is 10.2. The number of aromatic hydroxyl groups is 1. The minimum absolute atomic E-state index is 0.118. The number of para-hydroxylation sites is 1. The number of carbonyl (C=O) groups excluding carboxylic acids is 2. The lowest BCUT2D eigenvalue weighted by Gasteiger charge is -2.06. The van der Waals surface area contributed by atoms with E-state index in [1.54, 1.807) is 42.5 Å². The molecule has 0 fully saturated rings. The Kier molecular flexibility index (Phi) is 6.49. The number of hydrazone groups is 1. The van der Waals surface area contributed by atoms with Gasteiger partial charge < -0.3 is 9.84 Å². The molecule has 0 aliphatic carbocycles. The maximum Gasteiger partial charge on any atom is 0.345 e. The van der Waals surface area contributed by atoms with E-state index < -0.39 is 11.9 Å². The van der Waals surface area contributed by atoms with Crippen LogP contribution in [0, 0.1) is 0 Å². The van der Waals surface area contributed by atoms with Gasteiger partial charge in [-0.15, -0.1) is 0 Å². The van der Waals surface area contributed by atoms with Crippen molar-refractivity contribution in [1.29, 1.82) is 0 Å². The van der Waals surface area contributed by atoms with Gasteiger partial charge in [-0.25, -0.2) is 10.2 Å². The van der Waals surface area contributed by atoms with Crippen molar-refractivity contribution in [3.63, 3.8) is 0 Å². The second kappa shape index (κ2) is 9.23. The van der Waals surface area contributed by atoms with Crippen molar-refractivity contribution in [2.24, 2.45) is 5.10 Å². The number of halogens is 2. The van der Waals surface area contributed by atoms with E-state index in [-0.39, 0.29) is 21.9 Å². The highest BCUT2D eigenvalue weighted by Gasteiger charge is 2.13. The SMILES string of the molecule is O=C(N/N=C\c1ccc(OC(=O)c2ccc(Cl)cc2Cl)cc1)c1ccccc1O. The molecule has 0 aliphatic rings. The zero-order valence-corrected chi connectivity index (χ0v) is 16.3. The summed E-state index contributed by atoms with van der Waals surface area (Å²) in [6.07, 6.45) is 1.42. The molecule has 0 aromatic heterocycles. The summed E-state index contributed by atoms with van der Waals surface area (Å²) in [5, 5.41) is 14.1. The number of phenols is 1. The van der Waals surface area contributed by atoms with Gasteiger partial charge in [0.2, 0.25) is 0 Å². The first-order valence-corrected chi connectivity index (χ1v) is 9.08. The summed E-state index contributed by atoms with van der Waals surface area (Å²) in [6.45, 7) is 0. The topological polar surface area (TPSA) is 88.0 Å². The van der Waals surface area contributed by atoms with Gasteiger partial charge in [0.25, 0.3) is 5.91 Å². The van der Waals surface area contributed by atoms with Crippen LogP contribution < -0.4 is 10.2 Å². The van der Waals surface area contributed by atoms with Crippen LogP contribution in [0.4, 0.5) is 0 Å². The van der Waals surface area contributed by atoms with Gasteiger partial charge in [-0.2, -0.15) is 5.10 Å². The third-order valence-corrected chi connectivity index (χ3v) is 4.32. The predicted molar refractivity (Wildman–Crippen MR) is 111 cm³/mol. The predicted octanol–water partition coefficient (Wildman–Crippen LogP) is 4.68. The number of amides is 1. The van der Waals surface area contributed by atoms with Gasteiger partial charge in [0.1, 0.15) is 11.5 Å². The molecule has 3 aromatic carbocycles. The molecule has 0 unspecified atom stereocenters. The molecule has 0 aliphatic heterocycles. The summed E-state index contributed by atoms with van der Waals surface area (Å²) in [6, 6.07) is 17.1. The number of esters is 1. The van der Waals surface area contributed by atoms with E-state index in [2.05, 4.69) is 10.5 Å². The molecule has 29 heavy (non-hydrogen) atoms. The number of hydrogen-bond acceptors (Lipinski definition) is 5. The molecule has 6 nitrogen and oxygen atoms in total. The van der Waals surface area contributed by atoms with Gasteiger partial charge in [0.05, 0.1) is 22.4 Å². The maximum absolute atomic E-state index is 12.2. The second-order valence-electron chi connectivity index (χ2n) is 5.80. The molecular formula is C21H14Cl2N2O4. The van der Waals surface area contributed by atoms with Crippen molar-refractivity contribution in [2.45, 2.75) is 0 Å². The molecule has 0 radical (unpaired) electrons. The smallest absolute Gasteiger partial charge is 0.345 e. The number of carbonyl (C=O) groups is 2. The van der Waals surface area contributed by atoms with Crippen LogP contribution in [0.25, 0.3) is 0 Å². The van der Waals surface area contributed by atoms with Crippen molar-refractivity contribution in [3.05, 3.63) is 93.5 Å². The first kappa shape index (κ1) is 20.4. The zero-order chi connectivity index (χ0) is 20.8. The van der Waals surface area contributed by atoms with E-state index in [0.29, 0.717) is 16.3 Å². The summed E-state index contributed by atoms with van der Waals surface area (Å²) in [5.74, 6) is -0.962. The molecule has 0 saturated heterocycles. The Balaban J connectivity index is 1.60. The molecule has 3 aromatic rings.